The fraction of sp³-hybridized carbons (Fsp3) is 0.250. The molecule has 0 aliphatic carbocycles. The number of benzene rings is 2. The summed E-state index contributed by atoms with van der Waals surface area (Å²) < 4.78 is 5.10. The first-order valence-corrected chi connectivity index (χ1v) is 6.57. The number of aliphatic hydroxyl groups excluding tert-OH is 1. The van der Waals surface area contributed by atoms with Gasteiger partial charge in [0.2, 0.25) is 0 Å². The van der Waals surface area contributed by atoms with Gasteiger partial charge in [0.05, 0.1) is 12.7 Å². The molecule has 1 N–H and O–H groups in total. The highest BCUT2D eigenvalue weighted by molar-refractivity contribution is 6.30. The van der Waals surface area contributed by atoms with Crippen LogP contribution >= 0.6 is 11.6 Å². The Morgan fingerprint density at radius 3 is 2.58 bits per heavy atom. The second-order valence-corrected chi connectivity index (χ2v) is 4.96. The van der Waals surface area contributed by atoms with E-state index in [1.165, 1.54) is 0 Å². The van der Waals surface area contributed by atoms with E-state index in [9.17, 15) is 5.11 Å². The molecule has 0 amide bonds. The van der Waals surface area contributed by atoms with E-state index in [4.69, 9.17) is 16.3 Å². The number of rotatable bonds is 5. The van der Waals surface area contributed by atoms with E-state index in [2.05, 4.69) is 0 Å². The van der Waals surface area contributed by atoms with Gasteiger partial charge in [0.1, 0.15) is 0 Å². The molecule has 19 heavy (non-hydrogen) atoms. The fourth-order valence-corrected chi connectivity index (χ4v) is 2.27. The normalized spacial score (nSPS) is 12.4. The van der Waals surface area contributed by atoms with Crippen molar-refractivity contribution in [1.29, 1.82) is 0 Å². The molecule has 3 heteroatoms. The van der Waals surface area contributed by atoms with Crippen molar-refractivity contribution >= 4 is 11.6 Å². The summed E-state index contributed by atoms with van der Waals surface area (Å²) in [5.41, 5.74) is 2.98. The summed E-state index contributed by atoms with van der Waals surface area (Å²) in [5.74, 6) is 0. The quantitative estimate of drug-likeness (QED) is 0.901. The van der Waals surface area contributed by atoms with Crippen LogP contribution in [-0.2, 0) is 17.8 Å². The number of hydrogen-bond acceptors (Lipinski definition) is 2. The van der Waals surface area contributed by atoms with E-state index in [1.54, 1.807) is 7.11 Å². The minimum absolute atomic E-state index is 0.532. The molecule has 2 rings (SSSR count). The van der Waals surface area contributed by atoms with E-state index in [-0.39, 0.29) is 0 Å². The van der Waals surface area contributed by atoms with Crippen molar-refractivity contribution in [3.63, 3.8) is 0 Å². The smallest absolute Gasteiger partial charge is 0.0830 e. The van der Waals surface area contributed by atoms with Gasteiger partial charge in [0.25, 0.3) is 0 Å². The molecule has 0 fully saturated rings. The van der Waals surface area contributed by atoms with Crippen molar-refractivity contribution in [2.45, 2.75) is 19.1 Å². The minimum atomic E-state index is -0.532. The summed E-state index contributed by atoms with van der Waals surface area (Å²) in [7, 11) is 1.66. The minimum Gasteiger partial charge on any atom is -0.388 e. The molecular formula is C16H17ClO2. The van der Waals surface area contributed by atoms with Crippen LogP contribution in [-0.4, -0.2) is 12.2 Å². The highest BCUT2D eigenvalue weighted by Gasteiger charge is 2.09. The molecule has 2 aromatic rings. The average molecular weight is 277 g/mol. The maximum atomic E-state index is 10.3. The van der Waals surface area contributed by atoms with Crippen LogP contribution in [0.15, 0.2) is 48.5 Å². The van der Waals surface area contributed by atoms with E-state index in [1.807, 2.05) is 48.5 Å². The Morgan fingerprint density at radius 1 is 1.11 bits per heavy atom. The lowest BCUT2D eigenvalue weighted by atomic mass is 10.00. The molecule has 1 unspecified atom stereocenters. The Hall–Kier alpha value is -1.35. The van der Waals surface area contributed by atoms with Crippen molar-refractivity contribution in [3.05, 3.63) is 70.2 Å². The number of halogens is 1. The van der Waals surface area contributed by atoms with E-state index < -0.39 is 6.10 Å². The Balaban J connectivity index is 2.11. The van der Waals surface area contributed by atoms with Crippen LogP contribution in [0, 0.1) is 0 Å². The number of hydrogen-bond donors (Lipinski definition) is 1. The first-order chi connectivity index (χ1) is 9.19. The molecule has 2 aromatic carbocycles. The van der Waals surface area contributed by atoms with E-state index in [0.717, 1.165) is 16.7 Å². The van der Waals surface area contributed by atoms with Crippen LogP contribution in [0.1, 0.15) is 22.8 Å². The first-order valence-electron chi connectivity index (χ1n) is 6.19. The standard InChI is InChI=1S/C16H17ClO2/c1-19-11-13-5-2-6-14(8-13)16(18)10-12-4-3-7-15(17)9-12/h2-9,16,18H,10-11H2,1H3. The van der Waals surface area contributed by atoms with Crippen LogP contribution in [0.5, 0.6) is 0 Å². The van der Waals surface area contributed by atoms with Crippen LogP contribution < -0.4 is 0 Å². The van der Waals surface area contributed by atoms with Crippen LogP contribution in [0.2, 0.25) is 5.02 Å². The third-order valence-electron chi connectivity index (χ3n) is 2.96. The number of methoxy groups -OCH3 is 1. The fourth-order valence-electron chi connectivity index (χ4n) is 2.06. The van der Waals surface area contributed by atoms with E-state index in [0.29, 0.717) is 18.1 Å². The van der Waals surface area contributed by atoms with E-state index >= 15 is 0 Å². The van der Waals surface area contributed by atoms with Crippen LogP contribution in [0.3, 0.4) is 0 Å². The maximum Gasteiger partial charge on any atom is 0.0830 e. The summed E-state index contributed by atoms with van der Waals surface area (Å²) in [5, 5.41) is 11.0. The molecule has 0 saturated carbocycles. The maximum absolute atomic E-state index is 10.3. The average Bonchev–Trinajstić information content (AvgIpc) is 2.39. The zero-order valence-electron chi connectivity index (χ0n) is 10.8. The lowest BCUT2D eigenvalue weighted by Gasteiger charge is -2.12. The van der Waals surface area contributed by atoms with Crippen LogP contribution in [0.4, 0.5) is 0 Å². The van der Waals surface area contributed by atoms with Gasteiger partial charge in [-0.05, 0) is 28.8 Å². The molecule has 0 radical (unpaired) electrons. The van der Waals surface area contributed by atoms with Crippen molar-refractivity contribution in [3.8, 4) is 0 Å². The van der Waals surface area contributed by atoms with Gasteiger partial charge in [0, 0.05) is 18.6 Å². The van der Waals surface area contributed by atoms with Gasteiger partial charge < -0.3 is 9.84 Å². The second kappa shape index (κ2) is 6.71. The third kappa shape index (κ3) is 4.06. The zero-order chi connectivity index (χ0) is 13.7. The number of aliphatic hydroxyl groups is 1. The molecule has 0 heterocycles. The van der Waals surface area contributed by atoms with Gasteiger partial charge >= 0.3 is 0 Å². The Morgan fingerprint density at radius 2 is 1.84 bits per heavy atom. The van der Waals surface area contributed by atoms with Crippen molar-refractivity contribution in [2.75, 3.05) is 7.11 Å². The zero-order valence-corrected chi connectivity index (χ0v) is 11.6. The van der Waals surface area contributed by atoms with Crippen molar-refractivity contribution in [1.82, 2.24) is 0 Å². The van der Waals surface area contributed by atoms with Gasteiger partial charge in [-0.1, -0.05) is 48.0 Å². The molecule has 1 atom stereocenters. The Kier molecular flexibility index (Phi) is 4.97. The van der Waals surface area contributed by atoms with Gasteiger partial charge in [-0.2, -0.15) is 0 Å². The lowest BCUT2D eigenvalue weighted by Crippen LogP contribution is -2.02. The summed E-state index contributed by atoms with van der Waals surface area (Å²) in [6.07, 6.45) is 0.0204. The molecular weight excluding hydrogens is 260 g/mol. The molecule has 0 aliphatic rings. The predicted molar refractivity (Wildman–Crippen MR) is 77.3 cm³/mol. The highest BCUT2D eigenvalue weighted by Crippen LogP contribution is 2.21. The second-order valence-electron chi connectivity index (χ2n) is 4.53. The van der Waals surface area contributed by atoms with Gasteiger partial charge in [-0.3, -0.25) is 0 Å². The SMILES string of the molecule is COCc1cccc(C(O)Cc2cccc(Cl)c2)c1. The largest absolute Gasteiger partial charge is 0.388 e. The monoisotopic (exact) mass is 276 g/mol. The molecule has 0 aliphatic heterocycles. The lowest BCUT2D eigenvalue weighted by molar-refractivity contribution is 0.175. The summed E-state index contributed by atoms with van der Waals surface area (Å²) >= 11 is 5.94. The summed E-state index contributed by atoms with van der Waals surface area (Å²) in [4.78, 5) is 0. The van der Waals surface area contributed by atoms with Gasteiger partial charge in [0.15, 0.2) is 0 Å². The highest BCUT2D eigenvalue weighted by atomic mass is 35.5. The first kappa shape index (κ1) is 14.1. The van der Waals surface area contributed by atoms with Crippen LogP contribution in [0.25, 0.3) is 0 Å². The Labute approximate surface area is 118 Å². The molecule has 100 valence electrons. The summed E-state index contributed by atoms with van der Waals surface area (Å²) in [6.45, 7) is 0.553. The number of ether oxygens (including phenoxy) is 1. The summed E-state index contributed by atoms with van der Waals surface area (Å²) in [6, 6.07) is 15.4. The van der Waals surface area contributed by atoms with Crippen molar-refractivity contribution in [2.24, 2.45) is 0 Å². The van der Waals surface area contributed by atoms with Gasteiger partial charge in [-0.15, -0.1) is 0 Å². The Bertz CT molecular complexity index is 540. The molecule has 0 saturated heterocycles. The molecule has 0 spiro atoms. The van der Waals surface area contributed by atoms with Crippen molar-refractivity contribution < 1.29 is 9.84 Å². The third-order valence-corrected chi connectivity index (χ3v) is 3.20. The molecule has 0 bridgehead atoms. The molecule has 2 nitrogen and oxygen atoms in total. The van der Waals surface area contributed by atoms with Gasteiger partial charge in [-0.25, -0.2) is 0 Å². The predicted octanol–water partition coefficient (Wildman–Crippen LogP) is 3.76. The molecule has 0 aromatic heterocycles. The topological polar surface area (TPSA) is 29.5 Å².